The molecule has 1 saturated heterocycles. The summed E-state index contributed by atoms with van der Waals surface area (Å²) < 4.78 is 47.8. The molecule has 0 aliphatic carbocycles. The molecule has 3 aromatic carbocycles. The van der Waals surface area contributed by atoms with Gasteiger partial charge in [-0.1, -0.05) is 73.7 Å². The lowest BCUT2D eigenvalue weighted by atomic mass is 9.93. The molecule has 0 saturated carbocycles. The summed E-state index contributed by atoms with van der Waals surface area (Å²) in [6, 6.07) is 18.5. The summed E-state index contributed by atoms with van der Waals surface area (Å²) in [5.74, 6) is -1.07. The van der Waals surface area contributed by atoms with Gasteiger partial charge >= 0.3 is 12.1 Å². The Labute approximate surface area is 219 Å². The molecule has 1 atom stereocenters. The summed E-state index contributed by atoms with van der Waals surface area (Å²) >= 11 is 0. The highest BCUT2D eigenvalue weighted by molar-refractivity contribution is 5.81. The van der Waals surface area contributed by atoms with Crippen LogP contribution in [0.15, 0.2) is 60.7 Å². The zero-order valence-corrected chi connectivity index (χ0v) is 20.8. The summed E-state index contributed by atoms with van der Waals surface area (Å²) in [6.07, 6.45) is -1.21. The molecular formula is C30H27F3N2O3. The second-order valence-corrected chi connectivity index (χ2v) is 9.04. The van der Waals surface area contributed by atoms with Crippen molar-refractivity contribution < 1.29 is 27.8 Å². The number of ether oxygens (including phenoxy) is 1. The third-order valence-corrected chi connectivity index (χ3v) is 6.69. The fourth-order valence-electron chi connectivity index (χ4n) is 4.71. The number of alkyl halides is 3. The first-order valence-electron chi connectivity index (χ1n) is 12.3. The van der Waals surface area contributed by atoms with E-state index in [1.807, 2.05) is 43.3 Å². The monoisotopic (exact) mass is 520 g/mol. The predicted molar refractivity (Wildman–Crippen MR) is 139 cm³/mol. The van der Waals surface area contributed by atoms with Crippen LogP contribution in [0.3, 0.4) is 0 Å². The Morgan fingerprint density at radius 3 is 2.50 bits per heavy atom. The molecule has 0 spiro atoms. The van der Waals surface area contributed by atoms with Gasteiger partial charge in [0.15, 0.2) is 0 Å². The Kier molecular flexibility index (Phi) is 8.30. The third-order valence-electron chi connectivity index (χ3n) is 6.69. The van der Waals surface area contributed by atoms with Gasteiger partial charge in [-0.25, -0.2) is 0 Å². The number of halogens is 3. The molecule has 1 aliphatic rings. The fraction of sp³-hybridized carbons (Fsp3) is 0.267. The molecule has 38 heavy (non-hydrogen) atoms. The van der Waals surface area contributed by atoms with Gasteiger partial charge in [-0.05, 0) is 40.3 Å². The summed E-state index contributed by atoms with van der Waals surface area (Å²) in [6.45, 7) is 2.56. The first-order chi connectivity index (χ1) is 18.2. The lowest BCUT2D eigenvalue weighted by molar-refractivity contribution is -0.150. The minimum absolute atomic E-state index is 0.00693. The van der Waals surface area contributed by atoms with Crippen LogP contribution in [0.25, 0.3) is 23.3 Å². The van der Waals surface area contributed by atoms with Crippen molar-refractivity contribution in [3.05, 3.63) is 94.0 Å². The number of hydrogen-bond acceptors (Lipinski definition) is 4. The molecule has 3 aromatic rings. The normalized spacial score (nSPS) is 16.4. The van der Waals surface area contributed by atoms with Crippen LogP contribution in [0.2, 0.25) is 0 Å². The molecule has 0 amide bonds. The van der Waals surface area contributed by atoms with Gasteiger partial charge in [0.1, 0.15) is 12.1 Å². The number of nitriles is 1. The van der Waals surface area contributed by atoms with Gasteiger partial charge in [0.2, 0.25) is 0 Å². The molecule has 0 unspecified atom stereocenters. The summed E-state index contributed by atoms with van der Waals surface area (Å²) in [7, 11) is 0. The topological polar surface area (TPSA) is 73.6 Å². The van der Waals surface area contributed by atoms with E-state index in [4.69, 9.17) is 4.74 Å². The SMILES string of the molecule is CCc1cc(/C=C/c2cccc(-c3ccccc3)c2C#N)c(C(F)(F)F)cc1CN1CCOC[C@H]1C(=O)O. The minimum atomic E-state index is -4.62. The summed E-state index contributed by atoms with van der Waals surface area (Å²) in [5, 5.41) is 19.4. The van der Waals surface area contributed by atoms with Crippen LogP contribution >= 0.6 is 0 Å². The first kappa shape index (κ1) is 27.1. The standard InChI is InChI=1S/C30H27F3N2O3/c1-2-20-15-23(12-11-22-9-6-10-25(26(22)17-34)21-7-4-3-5-8-21)27(30(31,32)33)16-24(20)18-35-13-14-38-19-28(35)29(36)37/h3-12,15-16,28H,2,13-14,18-19H2,1H3,(H,36,37)/b12-11+/t28-/m0/s1. The number of benzene rings is 3. The van der Waals surface area contributed by atoms with Gasteiger partial charge in [0.25, 0.3) is 0 Å². The second kappa shape index (κ2) is 11.6. The number of carboxylic acids is 1. The van der Waals surface area contributed by atoms with Crippen molar-refractivity contribution >= 4 is 18.1 Å². The van der Waals surface area contributed by atoms with Crippen molar-refractivity contribution in [3.63, 3.8) is 0 Å². The van der Waals surface area contributed by atoms with E-state index in [1.165, 1.54) is 18.2 Å². The van der Waals surface area contributed by atoms with Gasteiger partial charge in [0, 0.05) is 18.7 Å². The van der Waals surface area contributed by atoms with Gasteiger partial charge in [0.05, 0.1) is 24.3 Å². The number of carbonyl (C=O) groups is 1. The zero-order chi connectivity index (χ0) is 27.3. The van der Waals surface area contributed by atoms with Crippen molar-refractivity contribution in [2.45, 2.75) is 32.1 Å². The number of nitrogens with zero attached hydrogens (tertiary/aromatic N) is 2. The van der Waals surface area contributed by atoms with Gasteiger partial charge in [-0.3, -0.25) is 9.69 Å². The van der Waals surface area contributed by atoms with Crippen LogP contribution in [-0.4, -0.2) is 41.8 Å². The van der Waals surface area contributed by atoms with Crippen LogP contribution in [-0.2, 0) is 28.7 Å². The number of carboxylic acid groups (broad SMARTS) is 1. The van der Waals surface area contributed by atoms with E-state index in [9.17, 15) is 28.3 Å². The van der Waals surface area contributed by atoms with Gasteiger partial charge in [-0.15, -0.1) is 0 Å². The van der Waals surface area contributed by atoms with Crippen LogP contribution in [0.1, 0.15) is 40.3 Å². The van der Waals surface area contributed by atoms with Crippen LogP contribution in [0.4, 0.5) is 13.2 Å². The molecular weight excluding hydrogens is 493 g/mol. The van der Waals surface area contributed by atoms with E-state index in [0.717, 1.165) is 11.6 Å². The maximum absolute atomic E-state index is 14.2. The summed E-state index contributed by atoms with van der Waals surface area (Å²) in [5.41, 5.74) is 2.76. The molecule has 0 bridgehead atoms. The highest BCUT2D eigenvalue weighted by atomic mass is 19.4. The van der Waals surface area contributed by atoms with Gasteiger partial charge in [-0.2, -0.15) is 18.4 Å². The molecule has 5 nitrogen and oxygen atoms in total. The zero-order valence-electron chi connectivity index (χ0n) is 20.8. The van der Waals surface area contributed by atoms with E-state index in [2.05, 4.69) is 6.07 Å². The largest absolute Gasteiger partial charge is 0.480 e. The number of morpholine rings is 1. The Hall–Kier alpha value is -3.93. The molecule has 1 fully saturated rings. The molecule has 196 valence electrons. The number of hydrogen-bond donors (Lipinski definition) is 1. The number of aryl methyl sites for hydroxylation is 1. The molecule has 4 rings (SSSR count). The maximum atomic E-state index is 14.2. The number of aliphatic carboxylic acids is 1. The van der Waals surface area contributed by atoms with Crippen LogP contribution < -0.4 is 0 Å². The average molecular weight is 521 g/mol. The molecule has 1 aliphatic heterocycles. The van der Waals surface area contributed by atoms with E-state index in [-0.39, 0.29) is 18.7 Å². The lowest BCUT2D eigenvalue weighted by Gasteiger charge is -2.33. The van der Waals surface area contributed by atoms with Crippen molar-refractivity contribution in [2.75, 3.05) is 19.8 Å². The Balaban J connectivity index is 1.74. The van der Waals surface area contributed by atoms with Crippen molar-refractivity contribution in [2.24, 2.45) is 0 Å². The summed E-state index contributed by atoms with van der Waals surface area (Å²) in [4.78, 5) is 13.3. The Morgan fingerprint density at radius 1 is 1.11 bits per heavy atom. The first-order valence-corrected chi connectivity index (χ1v) is 12.3. The van der Waals surface area contributed by atoms with Crippen molar-refractivity contribution in [1.82, 2.24) is 4.90 Å². The van der Waals surface area contributed by atoms with Crippen LogP contribution in [0.5, 0.6) is 0 Å². The second-order valence-electron chi connectivity index (χ2n) is 9.04. The quantitative estimate of drug-likeness (QED) is 0.372. The van der Waals surface area contributed by atoms with Crippen molar-refractivity contribution in [1.29, 1.82) is 5.26 Å². The van der Waals surface area contributed by atoms with Crippen LogP contribution in [0, 0.1) is 11.3 Å². The van der Waals surface area contributed by atoms with E-state index in [0.29, 0.717) is 47.4 Å². The minimum Gasteiger partial charge on any atom is -0.480 e. The fourth-order valence-corrected chi connectivity index (χ4v) is 4.71. The predicted octanol–water partition coefficient (Wildman–Crippen LogP) is 6.26. The molecule has 8 heteroatoms. The molecule has 0 aromatic heterocycles. The molecule has 0 radical (unpaired) electrons. The van der Waals surface area contributed by atoms with Crippen molar-refractivity contribution in [3.8, 4) is 17.2 Å². The highest BCUT2D eigenvalue weighted by Crippen LogP contribution is 2.36. The number of rotatable bonds is 7. The van der Waals surface area contributed by atoms with E-state index < -0.39 is 23.8 Å². The lowest BCUT2D eigenvalue weighted by Crippen LogP contribution is -2.49. The third kappa shape index (κ3) is 5.96. The van der Waals surface area contributed by atoms with E-state index >= 15 is 0 Å². The van der Waals surface area contributed by atoms with Gasteiger partial charge < -0.3 is 9.84 Å². The smallest absolute Gasteiger partial charge is 0.416 e. The Bertz CT molecular complexity index is 1380. The average Bonchev–Trinajstić information content (AvgIpc) is 2.91. The molecule has 1 heterocycles. The maximum Gasteiger partial charge on any atom is 0.416 e. The highest BCUT2D eigenvalue weighted by Gasteiger charge is 2.35. The molecule has 1 N–H and O–H groups in total. The Morgan fingerprint density at radius 2 is 1.84 bits per heavy atom. The van der Waals surface area contributed by atoms with E-state index in [1.54, 1.807) is 17.0 Å².